The van der Waals surface area contributed by atoms with Crippen LogP contribution in [-0.2, 0) is 11.3 Å². The molecule has 1 amide bonds. The Morgan fingerprint density at radius 2 is 1.88 bits per heavy atom. The predicted octanol–water partition coefficient (Wildman–Crippen LogP) is 3.24. The Kier molecular flexibility index (Phi) is 5.73. The topological polar surface area (TPSA) is 63.9 Å². The first kappa shape index (κ1) is 17.9. The summed E-state index contributed by atoms with van der Waals surface area (Å²) in [5.74, 6) is 1.42. The summed E-state index contributed by atoms with van der Waals surface area (Å²) >= 11 is 1.48. The van der Waals surface area contributed by atoms with Crippen LogP contribution in [0.25, 0.3) is 11.4 Å². The Morgan fingerprint density at radius 3 is 2.52 bits per heavy atom. The molecule has 0 N–H and O–H groups in total. The highest BCUT2D eigenvalue weighted by Gasteiger charge is 2.29. The summed E-state index contributed by atoms with van der Waals surface area (Å²) < 4.78 is 2.05. The maximum Gasteiger partial charge on any atom is 0.233 e. The van der Waals surface area contributed by atoms with E-state index in [1.807, 2.05) is 17.0 Å². The van der Waals surface area contributed by atoms with E-state index in [9.17, 15) is 4.79 Å². The molecule has 6 nitrogen and oxygen atoms in total. The average Bonchev–Trinajstić information content (AvgIpc) is 3.03. The van der Waals surface area contributed by atoms with Crippen LogP contribution in [-0.4, -0.2) is 48.4 Å². The molecule has 134 valence electrons. The van der Waals surface area contributed by atoms with Gasteiger partial charge in [0, 0.05) is 36.6 Å². The van der Waals surface area contributed by atoms with Gasteiger partial charge in [-0.3, -0.25) is 9.78 Å². The van der Waals surface area contributed by atoms with Crippen LogP contribution in [0, 0.1) is 0 Å². The Balaban J connectivity index is 1.71. The number of hydrogen-bond donors (Lipinski definition) is 0. The number of carbonyl (C=O) groups is 1. The number of hydrogen-bond acceptors (Lipinski definition) is 5. The van der Waals surface area contributed by atoms with E-state index in [1.165, 1.54) is 18.2 Å². The molecule has 2 atom stereocenters. The molecule has 1 fully saturated rings. The van der Waals surface area contributed by atoms with Crippen LogP contribution < -0.4 is 0 Å². The van der Waals surface area contributed by atoms with Crippen molar-refractivity contribution in [2.24, 2.45) is 0 Å². The van der Waals surface area contributed by atoms with Crippen molar-refractivity contribution in [1.29, 1.82) is 0 Å². The van der Waals surface area contributed by atoms with Crippen molar-refractivity contribution in [3.8, 4) is 11.4 Å². The number of nitrogens with zero attached hydrogens (tertiary/aromatic N) is 5. The lowest BCUT2D eigenvalue weighted by molar-refractivity contribution is -0.134. The lowest BCUT2D eigenvalue weighted by Gasteiger charge is -2.39. The molecule has 1 saturated heterocycles. The van der Waals surface area contributed by atoms with Crippen molar-refractivity contribution in [1.82, 2.24) is 24.6 Å². The van der Waals surface area contributed by atoms with E-state index in [4.69, 9.17) is 0 Å². The van der Waals surface area contributed by atoms with Crippen LogP contribution in [0.5, 0.6) is 0 Å². The van der Waals surface area contributed by atoms with E-state index in [-0.39, 0.29) is 5.91 Å². The van der Waals surface area contributed by atoms with Crippen LogP contribution >= 0.6 is 11.8 Å². The molecule has 0 bridgehead atoms. The lowest BCUT2D eigenvalue weighted by Crippen LogP contribution is -2.48. The van der Waals surface area contributed by atoms with Gasteiger partial charge in [-0.15, -0.1) is 10.2 Å². The first-order valence-electron chi connectivity index (χ1n) is 8.89. The van der Waals surface area contributed by atoms with Crippen LogP contribution in [0.15, 0.2) is 29.7 Å². The monoisotopic (exact) mass is 359 g/mol. The number of carbonyl (C=O) groups excluding carboxylic acids is 1. The second-order valence-corrected chi connectivity index (χ2v) is 7.45. The normalized spacial score (nSPS) is 20.7. The highest BCUT2D eigenvalue weighted by molar-refractivity contribution is 7.99. The van der Waals surface area contributed by atoms with Crippen molar-refractivity contribution in [3.05, 3.63) is 24.5 Å². The van der Waals surface area contributed by atoms with Crippen molar-refractivity contribution in [3.63, 3.8) is 0 Å². The second-order valence-electron chi connectivity index (χ2n) is 6.50. The van der Waals surface area contributed by atoms with Gasteiger partial charge in [-0.25, -0.2) is 0 Å². The Labute approximate surface area is 153 Å². The first-order valence-corrected chi connectivity index (χ1v) is 9.88. The maximum absolute atomic E-state index is 12.7. The number of pyridine rings is 1. The highest BCUT2D eigenvalue weighted by atomic mass is 32.2. The molecule has 2 unspecified atom stereocenters. The summed E-state index contributed by atoms with van der Waals surface area (Å²) in [4.78, 5) is 18.8. The molecule has 0 aromatic carbocycles. The third-order valence-corrected chi connectivity index (χ3v) is 5.73. The van der Waals surface area contributed by atoms with Crippen molar-refractivity contribution < 1.29 is 4.79 Å². The van der Waals surface area contributed by atoms with Gasteiger partial charge in [-0.1, -0.05) is 11.8 Å². The fraction of sp³-hybridized carbons (Fsp3) is 0.556. The number of rotatable bonds is 5. The third-order valence-electron chi connectivity index (χ3n) is 4.78. The molecule has 2 aromatic heterocycles. The van der Waals surface area contributed by atoms with E-state index in [0.29, 0.717) is 17.8 Å². The van der Waals surface area contributed by atoms with Gasteiger partial charge in [0.1, 0.15) is 0 Å². The Hall–Kier alpha value is -1.89. The number of aromatic nitrogens is 4. The fourth-order valence-electron chi connectivity index (χ4n) is 3.51. The van der Waals surface area contributed by atoms with Gasteiger partial charge >= 0.3 is 0 Å². The minimum Gasteiger partial charge on any atom is -0.337 e. The van der Waals surface area contributed by atoms with Gasteiger partial charge in [-0.2, -0.15) is 0 Å². The van der Waals surface area contributed by atoms with E-state index in [2.05, 4.69) is 40.5 Å². The molecular weight excluding hydrogens is 334 g/mol. The van der Waals surface area contributed by atoms with Gasteiger partial charge in [0.05, 0.1) is 5.75 Å². The SMILES string of the molecule is CCn1c(SCC(=O)N2C(C)CCCC2C)nnc1-c1ccncc1. The zero-order valence-electron chi connectivity index (χ0n) is 15.1. The van der Waals surface area contributed by atoms with Crippen LogP contribution in [0.4, 0.5) is 0 Å². The van der Waals surface area contributed by atoms with Crippen LogP contribution in [0.3, 0.4) is 0 Å². The summed E-state index contributed by atoms with van der Waals surface area (Å²) in [5, 5.41) is 9.41. The van der Waals surface area contributed by atoms with Crippen molar-refractivity contribution in [2.75, 3.05) is 5.75 Å². The number of amides is 1. The van der Waals surface area contributed by atoms with Crippen LogP contribution in [0.1, 0.15) is 40.0 Å². The van der Waals surface area contributed by atoms with Gasteiger partial charge in [-0.05, 0) is 52.2 Å². The highest BCUT2D eigenvalue weighted by Crippen LogP contribution is 2.26. The zero-order valence-corrected chi connectivity index (χ0v) is 15.9. The molecule has 2 aromatic rings. The summed E-state index contributed by atoms with van der Waals surface area (Å²) in [6.45, 7) is 7.12. The molecule has 3 rings (SSSR count). The minimum atomic E-state index is 0.195. The van der Waals surface area contributed by atoms with E-state index >= 15 is 0 Å². The standard InChI is InChI=1S/C18H25N5OS/c1-4-22-17(15-8-10-19-11-9-15)20-21-18(22)25-12-16(24)23-13(2)6-5-7-14(23)3/h8-11,13-14H,4-7,12H2,1-3H3. The Morgan fingerprint density at radius 1 is 1.20 bits per heavy atom. The lowest BCUT2D eigenvalue weighted by atomic mass is 9.98. The van der Waals surface area contributed by atoms with Crippen molar-refractivity contribution >= 4 is 17.7 Å². The largest absolute Gasteiger partial charge is 0.337 e. The molecule has 1 aliphatic rings. The molecule has 7 heteroatoms. The molecule has 3 heterocycles. The van der Waals surface area contributed by atoms with Gasteiger partial charge in [0.15, 0.2) is 11.0 Å². The summed E-state index contributed by atoms with van der Waals surface area (Å²) in [6.07, 6.45) is 6.90. The summed E-state index contributed by atoms with van der Waals surface area (Å²) in [5.41, 5.74) is 0.987. The number of thioether (sulfide) groups is 1. The smallest absolute Gasteiger partial charge is 0.233 e. The Bertz CT molecular complexity index is 708. The van der Waals surface area contributed by atoms with Crippen LogP contribution in [0.2, 0.25) is 0 Å². The predicted molar refractivity (Wildman–Crippen MR) is 99.3 cm³/mol. The maximum atomic E-state index is 12.7. The van der Waals surface area contributed by atoms with E-state index in [1.54, 1.807) is 12.4 Å². The quantitative estimate of drug-likeness (QED) is 0.767. The van der Waals surface area contributed by atoms with E-state index < -0.39 is 0 Å². The number of likely N-dealkylation sites (tertiary alicyclic amines) is 1. The summed E-state index contributed by atoms with van der Waals surface area (Å²) in [7, 11) is 0. The molecule has 0 saturated carbocycles. The van der Waals surface area contributed by atoms with Gasteiger partial charge in [0.2, 0.25) is 5.91 Å². The zero-order chi connectivity index (χ0) is 17.8. The number of piperidine rings is 1. The molecule has 1 aliphatic heterocycles. The molecule has 0 radical (unpaired) electrons. The molecular formula is C18H25N5OS. The van der Waals surface area contributed by atoms with E-state index in [0.717, 1.165) is 35.9 Å². The van der Waals surface area contributed by atoms with Gasteiger partial charge in [0.25, 0.3) is 0 Å². The first-order chi connectivity index (χ1) is 12.1. The molecule has 0 spiro atoms. The molecule has 0 aliphatic carbocycles. The molecule has 25 heavy (non-hydrogen) atoms. The van der Waals surface area contributed by atoms with Gasteiger partial charge < -0.3 is 9.47 Å². The summed E-state index contributed by atoms with van der Waals surface area (Å²) in [6, 6.07) is 4.50. The van der Waals surface area contributed by atoms with Crippen molar-refractivity contribution in [2.45, 2.75) is 63.8 Å². The average molecular weight is 359 g/mol. The minimum absolute atomic E-state index is 0.195. The second kappa shape index (κ2) is 7.99. The third kappa shape index (κ3) is 3.86. The fourth-order valence-corrected chi connectivity index (χ4v) is 4.38.